The number of hydrogen-bond acceptors (Lipinski definition) is 4. The first-order chi connectivity index (χ1) is 14.1. The van der Waals surface area contributed by atoms with Gasteiger partial charge in [-0.2, -0.15) is 0 Å². The van der Waals surface area contributed by atoms with Crippen LogP contribution in [0.15, 0.2) is 66.7 Å². The second-order valence-corrected chi connectivity index (χ2v) is 6.95. The van der Waals surface area contributed by atoms with Crippen LogP contribution in [0.5, 0.6) is 11.5 Å². The fourth-order valence-corrected chi connectivity index (χ4v) is 3.21. The highest BCUT2D eigenvalue weighted by molar-refractivity contribution is 6.32. The Morgan fingerprint density at radius 1 is 1.07 bits per heavy atom. The van der Waals surface area contributed by atoms with Gasteiger partial charge < -0.3 is 19.9 Å². The molecule has 0 radical (unpaired) electrons. The lowest BCUT2D eigenvalue weighted by Gasteiger charge is -2.16. The normalized spacial score (nSPS) is 11.5. The second kappa shape index (κ2) is 11.8. The molecule has 1 unspecified atom stereocenters. The fraction of sp³-hybridized carbons (Fsp3) is 0.217. The molecule has 160 valence electrons. The smallest absolute Gasteiger partial charge is 0.180 e. The molecule has 0 aromatic heterocycles. The van der Waals surface area contributed by atoms with E-state index in [-0.39, 0.29) is 24.8 Å². The summed E-state index contributed by atoms with van der Waals surface area (Å²) in [5.74, 6) is 0.500. The van der Waals surface area contributed by atoms with Crippen LogP contribution in [0, 0.1) is 5.82 Å². The van der Waals surface area contributed by atoms with E-state index in [2.05, 4.69) is 5.32 Å². The SMILES string of the molecule is COc1cc(CNCC(O)c2ccccc2)cc(Cl)c1OCc1ccccc1F.Cl. The van der Waals surface area contributed by atoms with E-state index < -0.39 is 6.10 Å². The molecule has 3 rings (SSSR count). The van der Waals surface area contributed by atoms with Crippen LogP contribution in [-0.4, -0.2) is 18.8 Å². The number of aliphatic hydroxyl groups excluding tert-OH is 1. The molecule has 0 saturated carbocycles. The van der Waals surface area contributed by atoms with Crippen LogP contribution in [0.4, 0.5) is 4.39 Å². The minimum absolute atomic E-state index is 0. The summed E-state index contributed by atoms with van der Waals surface area (Å²) in [6.45, 7) is 0.937. The summed E-state index contributed by atoms with van der Waals surface area (Å²) in [6, 6.07) is 19.5. The number of hydrogen-bond donors (Lipinski definition) is 2. The van der Waals surface area contributed by atoms with Crippen LogP contribution >= 0.6 is 24.0 Å². The van der Waals surface area contributed by atoms with Gasteiger partial charge in [-0.3, -0.25) is 0 Å². The molecule has 7 heteroatoms. The Balaban J connectivity index is 0.00000320. The summed E-state index contributed by atoms with van der Waals surface area (Å²) in [6.07, 6.45) is -0.600. The van der Waals surface area contributed by atoms with E-state index in [0.717, 1.165) is 11.1 Å². The van der Waals surface area contributed by atoms with Gasteiger partial charge in [0.05, 0.1) is 18.2 Å². The number of benzene rings is 3. The predicted octanol–water partition coefficient (Wildman–Crippen LogP) is 5.31. The molecule has 3 aromatic rings. The van der Waals surface area contributed by atoms with E-state index in [1.807, 2.05) is 36.4 Å². The highest BCUT2D eigenvalue weighted by atomic mass is 35.5. The number of rotatable bonds is 9. The van der Waals surface area contributed by atoms with Gasteiger partial charge in [-0.05, 0) is 29.3 Å². The Morgan fingerprint density at radius 2 is 1.77 bits per heavy atom. The third kappa shape index (κ3) is 6.34. The Morgan fingerprint density at radius 3 is 2.47 bits per heavy atom. The molecule has 0 aliphatic rings. The molecule has 1 atom stereocenters. The molecule has 0 spiro atoms. The quantitative estimate of drug-likeness (QED) is 0.462. The van der Waals surface area contributed by atoms with Crippen LogP contribution in [0.3, 0.4) is 0 Å². The largest absolute Gasteiger partial charge is 0.493 e. The zero-order chi connectivity index (χ0) is 20.6. The van der Waals surface area contributed by atoms with Crippen molar-refractivity contribution in [1.82, 2.24) is 5.32 Å². The Kier molecular flexibility index (Phi) is 9.40. The molecule has 2 N–H and O–H groups in total. The molecule has 0 fully saturated rings. The monoisotopic (exact) mass is 451 g/mol. The molecular formula is C23H24Cl2FNO3. The van der Waals surface area contributed by atoms with Crippen LogP contribution in [0.2, 0.25) is 5.02 Å². The first kappa shape index (κ1) is 24.0. The summed E-state index contributed by atoms with van der Waals surface area (Å²) in [5.41, 5.74) is 2.17. The Labute approximate surface area is 187 Å². The third-order valence-electron chi connectivity index (χ3n) is 4.47. The van der Waals surface area contributed by atoms with Crippen molar-refractivity contribution in [1.29, 1.82) is 0 Å². The van der Waals surface area contributed by atoms with Gasteiger partial charge in [0.25, 0.3) is 0 Å². The number of aliphatic hydroxyl groups is 1. The molecule has 0 aliphatic heterocycles. The van der Waals surface area contributed by atoms with Crippen molar-refractivity contribution in [3.05, 3.63) is 94.3 Å². The maximum absolute atomic E-state index is 13.8. The Hall–Kier alpha value is -2.31. The molecule has 0 bridgehead atoms. The van der Waals surface area contributed by atoms with Crippen molar-refractivity contribution >= 4 is 24.0 Å². The fourth-order valence-electron chi connectivity index (χ4n) is 2.93. The van der Waals surface area contributed by atoms with Crippen molar-refractivity contribution in [3.63, 3.8) is 0 Å². The van der Waals surface area contributed by atoms with E-state index in [4.69, 9.17) is 21.1 Å². The zero-order valence-corrected chi connectivity index (χ0v) is 18.0. The minimum Gasteiger partial charge on any atom is -0.493 e. The second-order valence-electron chi connectivity index (χ2n) is 6.55. The third-order valence-corrected chi connectivity index (χ3v) is 4.75. The average Bonchev–Trinajstić information content (AvgIpc) is 2.74. The summed E-state index contributed by atoms with van der Waals surface area (Å²) in [4.78, 5) is 0. The lowest BCUT2D eigenvalue weighted by molar-refractivity contribution is 0.174. The van der Waals surface area contributed by atoms with Crippen molar-refractivity contribution < 1.29 is 19.0 Å². The molecule has 0 saturated heterocycles. The standard InChI is InChI=1S/C23H23ClFNO3.ClH/c1-28-22-12-16(13-26-14-21(27)17-7-3-2-4-8-17)11-19(24)23(22)29-15-18-9-5-6-10-20(18)25;/h2-12,21,26-27H,13-15H2,1H3;1H. The van der Waals surface area contributed by atoms with Gasteiger partial charge in [0, 0.05) is 18.7 Å². The lowest BCUT2D eigenvalue weighted by Crippen LogP contribution is -2.21. The van der Waals surface area contributed by atoms with Gasteiger partial charge in [0.2, 0.25) is 0 Å². The summed E-state index contributed by atoms with van der Waals surface area (Å²) < 4.78 is 24.9. The first-order valence-electron chi connectivity index (χ1n) is 9.25. The van der Waals surface area contributed by atoms with E-state index >= 15 is 0 Å². The molecule has 4 nitrogen and oxygen atoms in total. The van der Waals surface area contributed by atoms with Crippen LogP contribution in [0.25, 0.3) is 0 Å². The first-order valence-corrected chi connectivity index (χ1v) is 9.62. The lowest BCUT2D eigenvalue weighted by atomic mass is 10.1. The van der Waals surface area contributed by atoms with Crippen molar-refractivity contribution in [2.75, 3.05) is 13.7 Å². The highest BCUT2D eigenvalue weighted by Crippen LogP contribution is 2.37. The van der Waals surface area contributed by atoms with Gasteiger partial charge in [-0.1, -0.05) is 60.1 Å². The predicted molar refractivity (Wildman–Crippen MR) is 119 cm³/mol. The van der Waals surface area contributed by atoms with Crippen molar-refractivity contribution in [3.8, 4) is 11.5 Å². The average molecular weight is 452 g/mol. The van der Waals surface area contributed by atoms with E-state index in [1.54, 1.807) is 24.3 Å². The van der Waals surface area contributed by atoms with E-state index in [0.29, 0.717) is 35.2 Å². The topological polar surface area (TPSA) is 50.7 Å². The molecule has 30 heavy (non-hydrogen) atoms. The molecule has 0 amide bonds. The van der Waals surface area contributed by atoms with Crippen LogP contribution < -0.4 is 14.8 Å². The summed E-state index contributed by atoms with van der Waals surface area (Å²) >= 11 is 6.38. The number of ether oxygens (including phenoxy) is 2. The van der Waals surface area contributed by atoms with Crippen LogP contribution in [0.1, 0.15) is 22.8 Å². The molecule has 3 aromatic carbocycles. The minimum atomic E-state index is -0.600. The van der Waals surface area contributed by atoms with Gasteiger partial charge in [0.1, 0.15) is 12.4 Å². The van der Waals surface area contributed by atoms with Crippen LogP contribution in [-0.2, 0) is 13.2 Å². The zero-order valence-electron chi connectivity index (χ0n) is 16.5. The molecule has 0 aliphatic carbocycles. The summed E-state index contributed by atoms with van der Waals surface area (Å²) in [7, 11) is 1.53. The number of methoxy groups -OCH3 is 1. The van der Waals surface area contributed by atoms with Gasteiger partial charge in [0.15, 0.2) is 11.5 Å². The number of halogens is 3. The molecule has 0 heterocycles. The summed E-state index contributed by atoms with van der Waals surface area (Å²) in [5, 5.41) is 13.8. The number of nitrogens with one attached hydrogen (secondary N) is 1. The van der Waals surface area contributed by atoms with Gasteiger partial charge >= 0.3 is 0 Å². The van der Waals surface area contributed by atoms with E-state index in [9.17, 15) is 9.50 Å². The van der Waals surface area contributed by atoms with E-state index in [1.165, 1.54) is 13.2 Å². The van der Waals surface area contributed by atoms with Crippen molar-refractivity contribution in [2.45, 2.75) is 19.3 Å². The maximum atomic E-state index is 13.8. The van der Waals surface area contributed by atoms with Gasteiger partial charge in [-0.15, -0.1) is 12.4 Å². The Bertz CT molecular complexity index is 941. The van der Waals surface area contributed by atoms with Crippen molar-refractivity contribution in [2.24, 2.45) is 0 Å². The van der Waals surface area contributed by atoms with Gasteiger partial charge in [-0.25, -0.2) is 4.39 Å². The molecular weight excluding hydrogens is 428 g/mol. The highest BCUT2D eigenvalue weighted by Gasteiger charge is 2.14. The maximum Gasteiger partial charge on any atom is 0.180 e.